The van der Waals surface area contributed by atoms with Crippen molar-refractivity contribution in [1.29, 1.82) is 0 Å². The van der Waals surface area contributed by atoms with E-state index in [1.165, 1.54) is 0 Å². The molecule has 0 unspecified atom stereocenters. The molecule has 3 rings (SSSR count). The summed E-state index contributed by atoms with van der Waals surface area (Å²) >= 11 is 0. The Morgan fingerprint density at radius 3 is 2.63 bits per heavy atom. The van der Waals surface area contributed by atoms with Crippen molar-refractivity contribution in [3.63, 3.8) is 0 Å². The van der Waals surface area contributed by atoms with Crippen molar-refractivity contribution < 1.29 is 29.3 Å². The van der Waals surface area contributed by atoms with Gasteiger partial charge in [0.2, 0.25) is 0 Å². The summed E-state index contributed by atoms with van der Waals surface area (Å²) < 4.78 is 12.5. The van der Waals surface area contributed by atoms with Gasteiger partial charge in [0.25, 0.3) is 0 Å². The topological polar surface area (TPSA) is 93.1 Å². The minimum absolute atomic E-state index is 0.00968. The summed E-state index contributed by atoms with van der Waals surface area (Å²) in [6.07, 6.45) is 0.757. The van der Waals surface area contributed by atoms with E-state index in [1.807, 2.05) is 13.8 Å². The van der Waals surface area contributed by atoms with Gasteiger partial charge in [0, 0.05) is 24.7 Å². The average molecular weight is 423 g/mol. The second-order valence-corrected chi connectivity index (χ2v) is 10.4. The SMILES string of the molecule is C=C1[C@H]2C(=O)C[C@](C)(O)[C@@H]3CC[C@](C)(OC(=O)CCC)[C@@H](O3)[C@H]2[C@H](C(C)C)C[C@H]1O. The van der Waals surface area contributed by atoms with Crippen LogP contribution in [0.3, 0.4) is 0 Å². The minimum Gasteiger partial charge on any atom is -0.457 e. The molecule has 6 nitrogen and oxygen atoms in total. The Morgan fingerprint density at radius 2 is 2.03 bits per heavy atom. The van der Waals surface area contributed by atoms with Crippen molar-refractivity contribution in [3.05, 3.63) is 12.2 Å². The van der Waals surface area contributed by atoms with Crippen LogP contribution in [0.2, 0.25) is 0 Å². The molecule has 2 saturated heterocycles. The number of Topliss-reactive ketones (excluding diaryl/α,β-unsaturated/α-hetero) is 1. The lowest BCUT2D eigenvalue weighted by molar-refractivity contribution is -0.257. The lowest BCUT2D eigenvalue weighted by Crippen LogP contribution is -2.65. The third-order valence-electron chi connectivity index (χ3n) is 7.60. The zero-order chi connectivity index (χ0) is 22.4. The maximum Gasteiger partial charge on any atom is 0.306 e. The fraction of sp³-hybridized carbons (Fsp3) is 0.833. The molecule has 6 heteroatoms. The van der Waals surface area contributed by atoms with Gasteiger partial charge in [-0.2, -0.15) is 0 Å². The third kappa shape index (κ3) is 4.11. The highest BCUT2D eigenvalue weighted by Gasteiger charge is 2.60. The number of carbonyl (C=O) groups excluding carboxylic acids is 2. The highest BCUT2D eigenvalue weighted by Crippen LogP contribution is 2.52. The van der Waals surface area contributed by atoms with Crippen LogP contribution in [0, 0.1) is 23.7 Å². The predicted octanol–water partition coefficient (Wildman–Crippen LogP) is 3.19. The van der Waals surface area contributed by atoms with Gasteiger partial charge in [0.05, 0.1) is 17.8 Å². The Balaban J connectivity index is 2.10. The molecular weight excluding hydrogens is 384 g/mol. The fourth-order valence-electron chi connectivity index (χ4n) is 5.91. The summed E-state index contributed by atoms with van der Waals surface area (Å²) in [6, 6.07) is 0. The molecule has 2 N–H and O–H groups in total. The van der Waals surface area contributed by atoms with Gasteiger partial charge >= 0.3 is 5.97 Å². The summed E-state index contributed by atoms with van der Waals surface area (Å²) in [6.45, 7) is 13.7. The van der Waals surface area contributed by atoms with Gasteiger partial charge in [0.15, 0.2) is 0 Å². The molecular formula is C24H38O6. The molecule has 0 amide bonds. The van der Waals surface area contributed by atoms with Gasteiger partial charge in [-0.3, -0.25) is 9.59 Å². The lowest BCUT2D eigenvalue weighted by atomic mass is 9.57. The van der Waals surface area contributed by atoms with E-state index in [0.29, 0.717) is 37.7 Å². The quantitative estimate of drug-likeness (QED) is 0.534. The van der Waals surface area contributed by atoms with Gasteiger partial charge in [-0.25, -0.2) is 0 Å². The highest BCUT2D eigenvalue weighted by atomic mass is 16.6. The maximum atomic E-state index is 13.4. The third-order valence-corrected chi connectivity index (χ3v) is 7.60. The van der Waals surface area contributed by atoms with Crippen LogP contribution in [0.15, 0.2) is 12.2 Å². The number of hydrogen-bond donors (Lipinski definition) is 2. The molecule has 0 aromatic rings. The van der Waals surface area contributed by atoms with Crippen LogP contribution in [0.25, 0.3) is 0 Å². The van der Waals surface area contributed by atoms with Crippen LogP contribution in [0.5, 0.6) is 0 Å². The number of ether oxygens (including phenoxy) is 2. The Kier molecular flexibility index (Phi) is 6.53. The van der Waals surface area contributed by atoms with Crippen molar-refractivity contribution in [1.82, 2.24) is 0 Å². The number of rotatable bonds is 4. The van der Waals surface area contributed by atoms with E-state index in [4.69, 9.17) is 9.47 Å². The smallest absolute Gasteiger partial charge is 0.306 e. The first-order chi connectivity index (χ1) is 13.9. The van der Waals surface area contributed by atoms with E-state index in [1.54, 1.807) is 6.92 Å². The van der Waals surface area contributed by atoms with Crippen LogP contribution in [-0.4, -0.2) is 51.5 Å². The molecule has 1 aliphatic carbocycles. The first kappa shape index (κ1) is 23.4. The van der Waals surface area contributed by atoms with E-state index < -0.39 is 35.4 Å². The Bertz CT molecular complexity index is 698. The second kappa shape index (κ2) is 8.36. The predicted molar refractivity (Wildman–Crippen MR) is 113 cm³/mol. The number of carbonyl (C=O) groups is 2. The number of ketones is 1. The molecule has 2 heterocycles. The van der Waals surface area contributed by atoms with E-state index in [-0.39, 0.29) is 35.9 Å². The molecule has 0 aromatic carbocycles. The minimum atomic E-state index is -1.31. The molecule has 3 aliphatic rings. The van der Waals surface area contributed by atoms with Crippen LogP contribution in [-0.2, 0) is 19.1 Å². The summed E-state index contributed by atoms with van der Waals surface area (Å²) in [4.78, 5) is 25.9. The van der Waals surface area contributed by atoms with E-state index >= 15 is 0 Å². The highest BCUT2D eigenvalue weighted by molar-refractivity contribution is 5.85. The number of hydrogen-bond acceptors (Lipinski definition) is 6. The number of fused-ring (bicyclic) bond motifs is 4. The van der Waals surface area contributed by atoms with Crippen LogP contribution < -0.4 is 0 Å². The molecule has 170 valence electrons. The molecule has 8 atom stereocenters. The summed E-state index contributed by atoms with van der Waals surface area (Å²) in [7, 11) is 0. The van der Waals surface area contributed by atoms with Crippen LogP contribution in [0.1, 0.15) is 73.1 Å². The largest absolute Gasteiger partial charge is 0.457 e. The normalized spacial score (nSPS) is 44.3. The van der Waals surface area contributed by atoms with Gasteiger partial charge in [-0.1, -0.05) is 27.4 Å². The monoisotopic (exact) mass is 422 g/mol. The maximum absolute atomic E-state index is 13.4. The van der Waals surface area contributed by atoms with Crippen molar-refractivity contribution in [3.8, 4) is 0 Å². The Hall–Kier alpha value is -1.24. The fourth-order valence-corrected chi connectivity index (χ4v) is 5.91. The summed E-state index contributed by atoms with van der Waals surface area (Å²) in [5, 5.41) is 21.7. The standard InChI is InChI=1S/C24H38O6/c1-7-8-19(27)30-24(6)10-9-18-23(5,28)12-17(26)20-14(4)16(25)11-15(13(2)3)21(20)22(24)29-18/h13,15-16,18,20-22,25,28H,4,7-12H2,1-3,5-6H3/t15-,16+,18-,20-,21-,22-,23-,24-/m0/s1. The van der Waals surface area contributed by atoms with Crippen molar-refractivity contribution in [2.45, 2.75) is 103 Å². The van der Waals surface area contributed by atoms with E-state index in [0.717, 1.165) is 0 Å². The van der Waals surface area contributed by atoms with Gasteiger partial charge < -0.3 is 19.7 Å². The van der Waals surface area contributed by atoms with E-state index in [9.17, 15) is 19.8 Å². The number of esters is 1. The van der Waals surface area contributed by atoms with Crippen molar-refractivity contribution >= 4 is 11.8 Å². The van der Waals surface area contributed by atoms with Crippen molar-refractivity contribution in [2.24, 2.45) is 23.7 Å². The Labute approximate surface area is 180 Å². The molecule has 0 spiro atoms. The average Bonchev–Trinajstić information content (AvgIpc) is 2.62. The lowest BCUT2D eigenvalue weighted by Gasteiger charge is -2.56. The molecule has 1 saturated carbocycles. The summed E-state index contributed by atoms with van der Waals surface area (Å²) in [5.41, 5.74) is -1.72. The second-order valence-electron chi connectivity index (χ2n) is 10.4. The number of aliphatic hydroxyl groups excluding tert-OH is 1. The zero-order valence-electron chi connectivity index (χ0n) is 19.0. The first-order valence-corrected chi connectivity index (χ1v) is 11.4. The first-order valence-electron chi connectivity index (χ1n) is 11.4. The zero-order valence-corrected chi connectivity index (χ0v) is 19.0. The van der Waals surface area contributed by atoms with Crippen LogP contribution >= 0.6 is 0 Å². The summed E-state index contributed by atoms with van der Waals surface area (Å²) in [5.74, 6) is -1.05. The molecule has 2 bridgehead atoms. The van der Waals surface area contributed by atoms with Gasteiger partial charge in [-0.15, -0.1) is 0 Å². The molecule has 30 heavy (non-hydrogen) atoms. The van der Waals surface area contributed by atoms with Crippen molar-refractivity contribution in [2.75, 3.05) is 0 Å². The Morgan fingerprint density at radius 1 is 1.37 bits per heavy atom. The van der Waals surface area contributed by atoms with Gasteiger partial charge in [-0.05, 0) is 56.9 Å². The molecule has 0 radical (unpaired) electrons. The molecule has 0 aromatic heterocycles. The van der Waals surface area contributed by atoms with E-state index in [2.05, 4.69) is 20.4 Å². The molecule has 3 fully saturated rings. The number of aliphatic hydroxyl groups is 2. The van der Waals surface area contributed by atoms with Crippen LogP contribution in [0.4, 0.5) is 0 Å². The van der Waals surface area contributed by atoms with Gasteiger partial charge in [0.1, 0.15) is 17.5 Å². The molecule has 2 aliphatic heterocycles.